The van der Waals surface area contributed by atoms with Crippen LogP contribution in [0.25, 0.3) is 38.4 Å². The second kappa shape index (κ2) is 9.63. The summed E-state index contributed by atoms with van der Waals surface area (Å²) in [6.07, 6.45) is 7.67. The van der Waals surface area contributed by atoms with Crippen LogP contribution in [0.4, 0.5) is 28.9 Å². The normalized spacial score (nSPS) is 16.4. The molecule has 0 unspecified atom stereocenters. The summed E-state index contributed by atoms with van der Waals surface area (Å²) in [6, 6.07) is 6.58. The fourth-order valence-electron chi connectivity index (χ4n) is 5.29. The highest BCUT2D eigenvalue weighted by atomic mass is 32.1. The van der Waals surface area contributed by atoms with Gasteiger partial charge in [-0.3, -0.25) is 14.9 Å². The van der Waals surface area contributed by atoms with Crippen LogP contribution in [0.15, 0.2) is 55.3 Å². The summed E-state index contributed by atoms with van der Waals surface area (Å²) < 4.78 is 58.8. The Morgan fingerprint density at radius 3 is 2.73 bits per heavy atom. The van der Waals surface area contributed by atoms with Crippen molar-refractivity contribution in [1.82, 2.24) is 29.6 Å². The van der Waals surface area contributed by atoms with Crippen molar-refractivity contribution < 1.29 is 17.6 Å². The van der Waals surface area contributed by atoms with Crippen molar-refractivity contribution in [3.63, 3.8) is 0 Å². The standard InChI is InChI=1S/C28H22F4N8S/c1-39-27-22(23(30)17(11-36-27)16-8-15(9-33-10-16)13-40-7-5-28(31,32)14-40)24(38-39)19-12-35-25-18(37-19)4-6-34-26(25)20-2-3-21(29)41-20/h2-4,6,8-12,35,37H,5,7,13-14H2,1H3. The van der Waals surface area contributed by atoms with Gasteiger partial charge in [-0.25, -0.2) is 22.8 Å². The molecule has 2 aliphatic rings. The van der Waals surface area contributed by atoms with Gasteiger partial charge in [0, 0.05) is 68.7 Å². The van der Waals surface area contributed by atoms with Gasteiger partial charge in [-0.1, -0.05) is 0 Å². The van der Waals surface area contributed by atoms with E-state index in [-0.39, 0.29) is 29.0 Å². The van der Waals surface area contributed by atoms with Crippen LogP contribution in [0.1, 0.15) is 17.7 Å². The van der Waals surface area contributed by atoms with E-state index in [9.17, 15) is 13.2 Å². The van der Waals surface area contributed by atoms with Crippen LogP contribution in [0.2, 0.25) is 0 Å². The number of fused-ring (bicyclic) bond motifs is 2. The molecule has 5 aromatic heterocycles. The highest BCUT2D eigenvalue weighted by molar-refractivity contribution is 7.13. The summed E-state index contributed by atoms with van der Waals surface area (Å²) in [7, 11) is 1.68. The third-order valence-electron chi connectivity index (χ3n) is 7.19. The average molecular weight is 579 g/mol. The second-order valence-corrected chi connectivity index (χ2v) is 11.1. The molecule has 7 rings (SSSR count). The summed E-state index contributed by atoms with van der Waals surface area (Å²) in [4.78, 5) is 15.5. The molecule has 5 aromatic rings. The molecular formula is C28H22F4N8S. The Kier molecular flexibility index (Phi) is 6.01. The lowest BCUT2D eigenvalue weighted by atomic mass is 10.0. The van der Waals surface area contributed by atoms with Gasteiger partial charge in [0.05, 0.1) is 33.9 Å². The summed E-state index contributed by atoms with van der Waals surface area (Å²) in [5.41, 5.74) is 4.55. The molecule has 2 N–H and O–H groups in total. The van der Waals surface area contributed by atoms with E-state index >= 15 is 4.39 Å². The summed E-state index contributed by atoms with van der Waals surface area (Å²) >= 11 is 0.995. The number of pyridine rings is 3. The molecule has 1 saturated heterocycles. The molecule has 0 saturated carbocycles. The van der Waals surface area contributed by atoms with Crippen LogP contribution in [0, 0.1) is 10.9 Å². The number of anilines is 2. The Labute approximate surface area is 235 Å². The topological polar surface area (TPSA) is 83.8 Å². The number of aryl methyl sites for hydroxylation is 1. The van der Waals surface area contributed by atoms with Crippen LogP contribution in [0.5, 0.6) is 0 Å². The van der Waals surface area contributed by atoms with Gasteiger partial charge in [0.2, 0.25) is 0 Å². The van der Waals surface area contributed by atoms with Crippen LogP contribution in [-0.2, 0) is 13.6 Å². The van der Waals surface area contributed by atoms with Crippen molar-refractivity contribution in [2.75, 3.05) is 23.7 Å². The predicted octanol–water partition coefficient (Wildman–Crippen LogP) is 6.11. The molecule has 208 valence electrons. The number of rotatable bonds is 5. The molecular weight excluding hydrogens is 556 g/mol. The number of thiophene rings is 1. The van der Waals surface area contributed by atoms with Gasteiger partial charge in [0.1, 0.15) is 17.2 Å². The van der Waals surface area contributed by atoms with E-state index in [0.717, 1.165) is 11.3 Å². The third-order valence-corrected chi connectivity index (χ3v) is 8.07. The first-order valence-electron chi connectivity index (χ1n) is 12.8. The van der Waals surface area contributed by atoms with Crippen LogP contribution < -0.4 is 10.6 Å². The molecule has 0 atom stereocenters. The molecule has 0 aromatic carbocycles. The maximum Gasteiger partial charge on any atom is 0.261 e. The van der Waals surface area contributed by atoms with E-state index in [2.05, 4.69) is 30.7 Å². The van der Waals surface area contributed by atoms with E-state index in [1.54, 1.807) is 48.7 Å². The second-order valence-electron chi connectivity index (χ2n) is 10.1. The molecule has 41 heavy (non-hydrogen) atoms. The van der Waals surface area contributed by atoms with E-state index < -0.39 is 11.7 Å². The average Bonchev–Trinajstić information content (AvgIpc) is 3.64. The molecule has 13 heteroatoms. The Bertz CT molecular complexity index is 1850. The maximum absolute atomic E-state index is 16.3. The zero-order chi connectivity index (χ0) is 28.3. The fourth-order valence-corrected chi connectivity index (χ4v) is 6.02. The van der Waals surface area contributed by atoms with Crippen molar-refractivity contribution in [2.45, 2.75) is 18.9 Å². The van der Waals surface area contributed by atoms with Gasteiger partial charge >= 0.3 is 0 Å². The predicted molar refractivity (Wildman–Crippen MR) is 149 cm³/mol. The van der Waals surface area contributed by atoms with Gasteiger partial charge in [0.25, 0.3) is 5.92 Å². The molecule has 2 aliphatic heterocycles. The van der Waals surface area contributed by atoms with Gasteiger partial charge in [-0.05, 0) is 29.8 Å². The monoisotopic (exact) mass is 578 g/mol. The number of nitrogens with one attached hydrogen (secondary N) is 2. The molecule has 0 radical (unpaired) electrons. The lowest BCUT2D eigenvalue weighted by molar-refractivity contribution is 0.0115. The van der Waals surface area contributed by atoms with E-state index in [4.69, 9.17) is 0 Å². The number of hydrogen-bond acceptors (Lipinski definition) is 8. The Hall–Kier alpha value is -4.36. The molecule has 0 bridgehead atoms. The number of likely N-dealkylation sites (tertiary alicyclic amines) is 1. The number of hydrogen-bond donors (Lipinski definition) is 2. The molecule has 0 amide bonds. The summed E-state index contributed by atoms with van der Waals surface area (Å²) in [6.45, 7) is 0.279. The van der Waals surface area contributed by atoms with Crippen molar-refractivity contribution in [1.29, 1.82) is 0 Å². The molecule has 0 spiro atoms. The first-order chi connectivity index (χ1) is 19.8. The minimum absolute atomic E-state index is 0.174. The third kappa shape index (κ3) is 4.60. The minimum Gasteiger partial charge on any atom is -0.356 e. The van der Waals surface area contributed by atoms with Crippen molar-refractivity contribution in [2.24, 2.45) is 7.05 Å². The van der Waals surface area contributed by atoms with Gasteiger partial charge < -0.3 is 10.6 Å². The molecule has 8 nitrogen and oxygen atoms in total. The quantitative estimate of drug-likeness (QED) is 0.244. The molecule has 7 heterocycles. The van der Waals surface area contributed by atoms with Crippen molar-refractivity contribution in [3.8, 4) is 21.7 Å². The summed E-state index contributed by atoms with van der Waals surface area (Å²) in [5.74, 6) is -3.22. The lowest BCUT2D eigenvalue weighted by Gasteiger charge is -2.21. The van der Waals surface area contributed by atoms with E-state index in [1.807, 2.05) is 0 Å². The lowest BCUT2D eigenvalue weighted by Crippen LogP contribution is -2.24. The minimum atomic E-state index is -2.69. The zero-order valence-corrected chi connectivity index (χ0v) is 22.4. The van der Waals surface area contributed by atoms with Crippen molar-refractivity contribution >= 4 is 39.4 Å². The number of aromatic nitrogens is 5. The first kappa shape index (κ1) is 25.6. The highest BCUT2D eigenvalue weighted by Gasteiger charge is 2.38. The van der Waals surface area contributed by atoms with Gasteiger partial charge in [-0.2, -0.15) is 9.49 Å². The SMILES string of the molecule is Cn1nc(C2=CNc3c(ccnc3-c3ccc(F)s3)N2)c2c(F)c(-c3cncc(CN4CCC(F)(F)C4)c3)cnc21. The Morgan fingerprint density at radius 2 is 1.95 bits per heavy atom. The fraction of sp³-hybridized carbons (Fsp3) is 0.214. The first-order valence-corrected chi connectivity index (χ1v) is 13.6. The highest BCUT2D eigenvalue weighted by Crippen LogP contribution is 2.40. The van der Waals surface area contributed by atoms with Crippen LogP contribution in [0.3, 0.4) is 0 Å². The van der Waals surface area contributed by atoms with Crippen LogP contribution >= 0.6 is 11.3 Å². The van der Waals surface area contributed by atoms with E-state index in [0.29, 0.717) is 63.2 Å². The van der Waals surface area contributed by atoms with Crippen molar-refractivity contribution in [3.05, 3.63) is 77.5 Å². The van der Waals surface area contributed by atoms with Crippen LogP contribution in [-0.4, -0.2) is 48.6 Å². The molecule has 0 aliphatic carbocycles. The number of alkyl halides is 2. The van der Waals surface area contributed by atoms with Gasteiger partial charge in [-0.15, -0.1) is 11.3 Å². The van der Waals surface area contributed by atoms with Gasteiger partial charge in [0.15, 0.2) is 10.8 Å². The maximum atomic E-state index is 16.3. The largest absolute Gasteiger partial charge is 0.356 e. The van der Waals surface area contributed by atoms with E-state index in [1.165, 1.54) is 23.1 Å². The Balaban J connectivity index is 1.23. The zero-order valence-electron chi connectivity index (χ0n) is 21.6. The summed E-state index contributed by atoms with van der Waals surface area (Å²) in [5, 5.41) is 11.0. The Morgan fingerprint density at radius 1 is 1.07 bits per heavy atom. The molecule has 1 fully saturated rings. The number of nitrogens with zero attached hydrogens (tertiary/aromatic N) is 6. The smallest absolute Gasteiger partial charge is 0.261 e. The number of halogens is 4.